The van der Waals surface area contributed by atoms with Gasteiger partial charge in [-0.25, -0.2) is 13.2 Å². The molecule has 1 N–H and O–H groups in total. The topological polar surface area (TPSA) is 84.3 Å². The molecule has 1 aliphatic heterocycles. The average Bonchev–Trinajstić information content (AvgIpc) is 2.82. The van der Waals surface area contributed by atoms with Crippen LogP contribution in [0.1, 0.15) is 37.2 Å². The maximum Gasteiger partial charge on any atom is 0.317 e. The first-order valence-corrected chi connectivity index (χ1v) is 9.75. The summed E-state index contributed by atoms with van der Waals surface area (Å²) in [6.45, 7) is 6.43. The van der Waals surface area contributed by atoms with E-state index in [9.17, 15) is 13.2 Å². The highest BCUT2D eigenvalue weighted by atomic mass is 32.2. The molecule has 0 spiro atoms. The van der Waals surface area contributed by atoms with Gasteiger partial charge in [0.1, 0.15) is 9.84 Å². The standard InChI is InChI=1S/C15H26N4O3S/c1-11-9-12(2)19(17-11)13(3)10-16-15(20)18(4)14-5-7-23(21,22)8-6-14/h9,13-14H,5-8,10H2,1-4H3,(H,16,20). The van der Waals surface area contributed by atoms with Crippen LogP contribution in [-0.2, 0) is 9.84 Å². The number of nitrogens with one attached hydrogen (secondary N) is 1. The van der Waals surface area contributed by atoms with Gasteiger partial charge in [0.05, 0.1) is 23.2 Å². The first-order chi connectivity index (χ1) is 10.7. The van der Waals surface area contributed by atoms with Crippen molar-refractivity contribution >= 4 is 15.9 Å². The quantitative estimate of drug-likeness (QED) is 0.893. The van der Waals surface area contributed by atoms with Crippen LogP contribution in [0.25, 0.3) is 0 Å². The van der Waals surface area contributed by atoms with Crippen LogP contribution in [-0.4, -0.2) is 60.3 Å². The van der Waals surface area contributed by atoms with Gasteiger partial charge in [-0.15, -0.1) is 0 Å². The number of carbonyl (C=O) groups excluding carboxylic acids is 1. The second kappa shape index (κ2) is 6.90. The molecule has 7 nitrogen and oxygen atoms in total. The molecule has 1 atom stereocenters. The molecule has 2 heterocycles. The fraction of sp³-hybridized carbons (Fsp3) is 0.733. The lowest BCUT2D eigenvalue weighted by molar-refractivity contribution is 0.184. The molecule has 1 aliphatic rings. The van der Waals surface area contributed by atoms with Gasteiger partial charge in [-0.2, -0.15) is 5.10 Å². The van der Waals surface area contributed by atoms with Gasteiger partial charge in [-0.1, -0.05) is 0 Å². The highest BCUT2D eigenvalue weighted by molar-refractivity contribution is 7.91. The third kappa shape index (κ3) is 4.46. The molecule has 2 amide bonds. The van der Waals surface area contributed by atoms with Crippen molar-refractivity contribution in [2.24, 2.45) is 0 Å². The van der Waals surface area contributed by atoms with Crippen LogP contribution in [0.15, 0.2) is 6.07 Å². The van der Waals surface area contributed by atoms with Gasteiger partial charge >= 0.3 is 6.03 Å². The fourth-order valence-electron chi connectivity index (χ4n) is 2.97. The maximum absolute atomic E-state index is 12.3. The fourth-order valence-corrected chi connectivity index (χ4v) is 4.44. The van der Waals surface area contributed by atoms with Gasteiger partial charge in [0.25, 0.3) is 0 Å². The van der Waals surface area contributed by atoms with Crippen molar-refractivity contribution in [3.63, 3.8) is 0 Å². The second-order valence-corrected chi connectivity index (χ2v) is 8.70. The van der Waals surface area contributed by atoms with Crippen LogP contribution in [0.2, 0.25) is 0 Å². The van der Waals surface area contributed by atoms with Crippen LogP contribution in [0, 0.1) is 13.8 Å². The molecule has 1 saturated heterocycles. The number of sulfone groups is 1. The van der Waals surface area contributed by atoms with Gasteiger partial charge in [-0.05, 0) is 39.7 Å². The minimum atomic E-state index is -2.91. The van der Waals surface area contributed by atoms with E-state index in [4.69, 9.17) is 0 Å². The Morgan fingerprint density at radius 1 is 1.43 bits per heavy atom. The molecule has 0 aromatic carbocycles. The smallest absolute Gasteiger partial charge is 0.317 e. The van der Waals surface area contributed by atoms with Crippen molar-refractivity contribution in [2.75, 3.05) is 25.1 Å². The number of carbonyl (C=O) groups is 1. The van der Waals surface area contributed by atoms with Crippen molar-refractivity contribution in [2.45, 2.75) is 45.7 Å². The zero-order valence-electron chi connectivity index (χ0n) is 14.2. The first kappa shape index (κ1) is 17.8. The maximum atomic E-state index is 12.3. The monoisotopic (exact) mass is 342 g/mol. The van der Waals surface area contributed by atoms with Crippen LogP contribution < -0.4 is 5.32 Å². The van der Waals surface area contributed by atoms with Gasteiger partial charge in [-0.3, -0.25) is 4.68 Å². The third-order valence-corrected chi connectivity index (χ3v) is 6.12. The van der Waals surface area contributed by atoms with Crippen LogP contribution >= 0.6 is 0 Å². The Balaban J connectivity index is 1.85. The summed E-state index contributed by atoms with van der Waals surface area (Å²) in [6.07, 6.45) is 1.03. The Kier molecular flexibility index (Phi) is 5.33. The van der Waals surface area contributed by atoms with E-state index in [1.54, 1.807) is 11.9 Å². The summed E-state index contributed by atoms with van der Waals surface area (Å²) in [5.41, 5.74) is 2.02. The summed E-state index contributed by atoms with van der Waals surface area (Å²) in [6, 6.07) is 1.89. The molecular formula is C15H26N4O3S. The van der Waals surface area contributed by atoms with Crippen LogP contribution in [0.3, 0.4) is 0 Å². The molecular weight excluding hydrogens is 316 g/mol. The van der Waals surface area contributed by atoms with Crippen molar-refractivity contribution in [1.29, 1.82) is 0 Å². The highest BCUT2D eigenvalue weighted by Gasteiger charge is 2.28. The number of aromatic nitrogens is 2. The first-order valence-electron chi connectivity index (χ1n) is 7.93. The average molecular weight is 342 g/mol. The van der Waals surface area contributed by atoms with Gasteiger partial charge in [0.15, 0.2) is 0 Å². The van der Waals surface area contributed by atoms with E-state index in [1.807, 2.05) is 31.5 Å². The molecule has 1 fully saturated rings. The highest BCUT2D eigenvalue weighted by Crippen LogP contribution is 2.17. The van der Waals surface area contributed by atoms with Crippen molar-refractivity contribution in [1.82, 2.24) is 20.0 Å². The van der Waals surface area contributed by atoms with Gasteiger partial charge < -0.3 is 10.2 Å². The molecule has 1 aromatic rings. The van der Waals surface area contributed by atoms with E-state index in [1.165, 1.54) is 0 Å². The van der Waals surface area contributed by atoms with Crippen LogP contribution in [0.5, 0.6) is 0 Å². The summed E-state index contributed by atoms with van der Waals surface area (Å²) in [7, 11) is -1.18. The number of hydrogen-bond donors (Lipinski definition) is 1. The molecule has 130 valence electrons. The molecule has 0 aliphatic carbocycles. The van der Waals surface area contributed by atoms with Crippen LogP contribution in [0.4, 0.5) is 4.79 Å². The number of nitrogens with zero attached hydrogens (tertiary/aromatic N) is 3. The Bertz CT molecular complexity index is 654. The Morgan fingerprint density at radius 3 is 2.57 bits per heavy atom. The normalized spacial score (nSPS) is 19.3. The summed E-state index contributed by atoms with van der Waals surface area (Å²) < 4.78 is 24.8. The molecule has 0 radical (unpaired) electrons. The minimum Gasteiger partial charge on any atom is -0.336 e. The van der Waals surface area contributed by atoms with Crippen molar-refractivity contribution in [3.05, 3.63) is 17.5 Å². The van der Waals surface area contributed by atoms with Gasteiger partial charge in [0.2, 0.25) is 0 Å². The van der Waals surface area contributed by atoms with E-state index in [2.05, 4.69) is 10.4 Å². The number of rotatable bonds is 4. The van der Waals surface area contributed by atoms with E-state index < -0.39 is 9.84 Å². The zero-order valence-corrected chi connectivity index (χ0v) is 15.1. The molecule has 1 unspecified atom stereocenters. The summed E-state index contributed by atoms with van der Waals surface area (Å²) in [5, 5.41) is 7.34. The molecule has 1 aromatic heterocycles. The van der Waals surface area contributed by atoms with E-state index in [0.29, 0.717) is 19.4 Å². The molecule has 2 rings (SSSR count). The lowest BCUT2D eigenvalue weighted by Crippen LogP contribution is -2.47. The second-order valence-electron chi connectivity index (χ2n) is 6.40. The Labute approximate surface area is 138 Å². The number of hydrogen-bond acceptors (Lipinski definition) is 4. The summed E-state index contributed by atoms with van der Waals surface area (Å²) in [5.74, 6) is 0.328. The molecule has 8 heteroatoms. The van der Waals surface area contributed by atoms with E-state index in [-0.39, 0.29) is 29.6 Å². The molecule has 0 saturated carbocycles. The summed E-state index contributed by atoms with van der Waals surface area (Å²) in [4.78, 5) is 13.9. The molecule has 0 bridgehead atoms. The predicted molar refractivity (Wildman–Crippen MR) is 89.2 cm³/mol. The predicted octanol–water partition coefficient (Wildman–Crippen LogP) is 1.28. The Morgan fingerprint density at radius 2 is 2.04 bits per heavy atom. The SMILES string of the molecule is Cc1cc(C)n(C(C)CNC(=O)N(C)C2CCS(=O)(=O)CC2)n1. The lowest BCUT2D eigenvalue weighted by Gasteiger charge is -2.31. The molecule has 23 heavy (non-hydrogen) atoms. The van der Waals surface area contributed by atoms with Crippen molar-refractivity contribution in [3.8, 4) is 0 Å². The summed E-state index contributed by atoms with van der Waals surface area (Å²) >= 11 is 0. The van der Waals surface area contributed by atoms with Crippen molar-refractivity contribution < 1.29 is 13.2 Å². The zero-order chi connectivity index (χ0) is 17.2. The number of urea groups is 1. The number of aryl methyl sites for hydroxylation is 2. The van der Waals surface area contributed by atoms with Gasteiger partial charge in [0, 0.05) is 25.3 Å². The largest absolute Gasteiger partial charge is 0.336 e. The lowest BCUT2D eigenvalue weighted by atomic mass is 10.1. The third-order valence-electron chi connectivity index (χ3n) is 4.40. The number of amides is 2. The Hall–Kier alpha value is -1.57. The van der Waals surface area contributed by atoms with E-state index in [0.717, 1.165) is 11.4 Å². The van der Waals surface area contributed by atoms with E-state index >= 15 is 0 Å². The minimum absolute atomic E-state index is 0.0116.